The molecule has 6 heteroatoms. The van der Waals surface area contributed by atoms with Gasteiger partial charge in [-0.3, -0.25) is 18.7 Å². The Morgan fingerprint density at radius 2 is 1.55 bits per heavy atom. The molecule has 148 valence electrons. The number of carbonyl (C=O) groups is 1. The quantitative estimate of drug-likeness (QED) is 0.506. The smallest absolute Gasteiger partial charge is 0.300 e. The Balaban J connectivity index is 1.85. The predicted molar refractivity (Wildman–Crippen MR) is 115 cm³/mol. The Labute approximate surface area is 167 Å². The van der Waals surface area contributed by atoms with Crippen LogP contribution >= 0.6 is 0 Å². The summed E-state index contributed by atoms with van der Waals surface area (Å²) < 4.78 is 4.62. The molecule has 4 aromatic rings. The van der Waals surface area contributed by atoms with Gasteiger partial charge in [-0.15, -0.1) is 0 Å². The summed E-state index contributed by atoms with van der Waals surface area (Å²) >= 11 is 0. The third-order valence-corrected chi connectivity index (χ3v) is 5.64. The molecule has 0 aliphatic heterocycles. The molecule has 2 aromatic carbocycles. The van der Waals surface area contributed by atoms with Crippen LogP contribution in [0.15, 0.2) is 46.0 Å². The van der Waals surface area contributed by atoms with Crippen LogP contribution in [-0.2, 0) is 20.6 Å². The number of benzene rings is 2. The standard InChI is InChI=1S/C23H23N3O3/c1-13-8-15(3)22-17(9-13)14(2)10-21(28)26(22)12-20(27)16-6-7-18-19(11-16)25(5)23(29)24(18)4/h6-11H,12H2,1-5H3. The highest BCUT2D eigenvalue weighted by Crippen LogP contribution is 2.23. The van der Waals surface area contributed by atoms with Crippen molar-refractivity contribution in [2.24, 2.45) is 14.1 Å². The van der Waals surface area contributed by atoms with E-state index in [1.165, 1.54) is 4.57 Å². The van der Waals surface area contributed by atoms with Crippen LogP contribution < -0.4 is 11.2 Å². The van der Waals surface area contributed by atoms with Crippen LogP contribution in [0.1, 0.15) is 27.0 Å². The van der Waals surface area contributed by atoms with E-state index < -0.39 is 0 Å². The second kappa shape index (κ2) is 6.58. The highest BCUT2D eigenvalue weighted by atomic mass is 16.2. The van der Waals surface area contributed by atoms with Gasteiger partial charge >= 0.3 is 5.69 Å². The van der Waals surface area contributed by atoms with Gasteiger partial charge in [-0.1, -0.05) is 11.6 Å². The molecule has 4 rings (SSSR count). The summed E-state index contributed by atoms with van der Waals surface area (Å²) in [6, 6.07) is 10.9. The molecule has 0 saturated carbocycles. The van der Waals surface area contributed by atoms with Gasteiger partial charge in [-0.2, -0.15) is 0 Å². The Hall–Kier alpha value is -3.41. The van der Waals surface area contributed by atoms with Gasteiger partial charge in [-0.25, -0.2) is 4.79 Å². The number of hydrogen-bond donors (Lipinski definition) is 0. The van der Waals surface area contributed by atoms with E-state index in [2.05, 4.69) is 0 Å². The molecule has 6 nitrogen and oxygen atoms in total. The average Bonchev–Trinajstić information content (AvgIpc) is 2.88. The summed E-state index contributed by atoms with van der Waals surface area (Å²) in [7, 11) is 3.39. The molecule has 0 unspecified atom stereocenters. The first kappa shape index (κ1) is 18.9. The minimum atomic E-state index is -0.191. The summed E-state index contributed by atoms with van der Waals surface area (Å²) in [5, 5.41) is 0.982. The van der Waals surface area contributed by atoms with Crippen LogP contribution in [0.25, 0.3) is 21.9 Å². The molecule has 29 heavy (non-hydrogen) atoms. The lowest BCUT2D eigenvalue weighted by Crippen LogP contribution is -2.25. The number of carbonyl (C=O) groups excluding carboxylic acids is 1. The van der Waals surface area contributed by atoms with Gasteiger partial charge in [0.15, 0.2) is 5.78 Å². The van der Waals surface area contributed by atoms with Gasteiger partial charge in [0, 0.05) is 31.1 Å². The van der Waals surface area contributed by atoms with E-state index in [-0.39, 0.29) is 23.6 Å². The zero-order valence-electron chi connectivity index (χ0n) is 17.2. The fraction of sp³-hybridized carbons (Fsp3) is 0.261. The molecule has 0 fully saturated rings. The number of hydrogen-bond acceptors (Lipinski definition) is 3. The Morgan fingerprint density at radius 3 is 2.28 bits per heavy atom. The van der Waals surface area contributed by atoms with Crippen LogP contribution in [0, 0.1) is 20.8 Å². The molecule has 0 atom stereocenters. The van der Waals surface area contributed by atoms with Gasteiger partial charge in [0.1, 0.15) is 0 Å². The summed E-state index contributed by atoms with van der Waals surface area (Å²) in [5.74, 6) is -0.171. The lowest BCUT2D eigenvalue weighted by molar-refractivity contribution is 0.0972. The molecule has 0 aliphatic rings. The molecule has 0 amide bonds. The fourth-order valence-electron chi connectivity index (χ4n) is 4.14. The number of nitrogens with zero attached hydrogens (tertiary/aromatic N) is 3. The SMILES string of the molecule is Cc1cc(C)c2c(c1)c(C)cc(=O)n2CC(=O)c1ccc2c(c1)n(C)c(=O)n2C. The van der Waals surface area contributed by atoms with E-state index in [9.17, 15) is 14.4 Å². The maximum Gasteiger partial charge on any atom is 0.328 e. The normalized spacial score (nSPS) is 11.5. The van der Waals surface area contributed by atoms with Gasteiger partial charge in [0.25, 0.3) is 5.56 Å². The maximum atomic E-state index is 13.1. The lowest BCUT2D eigenvalue weighted by atomic mass is 10.0. The van der Waals surface area contributed by atoms with Gasteiger partial charge in [0.2, 0.25) is 0 Å². The molecular weight excluding hydrogens is 366 g/mol. The van der Waals surface area contributed by atoms with Crippen molar-refractivity contribution in [2.45, 2.75) is 27.3 Å². The van der Waals surface area contributed by atoms with Crippen molar-refractivity contribution in [3.8, 4) is 0 Å². The molecule has 0 radical (unpaired) electrons. The highest BCUT2D eigenvalue weighted by Gasteiger charge is 2.16. The summed E-state index contributed by atoms with van der Waals surface area (Å²) in [6.07, 6.45) is 0. The van der Waals surface area contributed by atoms with Crippen LogP contribution in [0.3, 0.4) is 0 Å². The van der Waals surface area contributed by atoms with Crippen LogP contribution in [0.4, 0.5) is 0 Å². The zero-order valence-corrected chi connectivity index (χ0v) is 17.2. The zero-order chi connectivity index (χ0) is 21.0. The number of ketones is 1. The van der Waals surface area contributed by atoms with Crippen LogP contribution in [0.5, 0.6) is 0 Å². The van der Waals surface area contributed by atoms with E-state index in [4.69, 9.17) is 0 Å². The first-order chi connectivity index (χ1) is 13.7. The molecule has 0 spiro atoms. The molecule has 0 N–H and O–H groups in total. The van der Waals surface area contributed by atoms with Crippen molar-refractivity contribution >= 4 is 27.7 Å². The third-order valence-electron chi connectivity index (χ3n) is 5.64. The van der Waals surface area contributed by atoms with E-state index in [1.54, 1.807) is 47.5 Å². The summed E-state index contributed by atoms with van der Waals surface area (Å²) in [5.41, 5.74) is 5.38. The summed E-state index contributed by atoms with van der Waals surface area (Å²) in [4.78, 5) is 37.9. The van der Waals surface area contributed by atoms with Crippen molar-refractivity contribution in [3.05, 3.63) is 79.5 Å². The molecular formula is C23H23N3O3. The average molecular weight is 389 g/mol. The topological polar surface area (TPSA) is 66.0 Å². The Kier molecular flexibility index (Phi) is 4.30. The molecule has 2 heterocycles. The first-order valence-electron chi connectivity index (χ1n) is 9.49. The monoisotopic (exact) mass is 389 g/mol. The Bertz CT molecular complexity index is 1430. The molecule has 2 aromatic heterocycles. The molecule has 0 aliphatic carbocycles. The number of fused-ring (bicyclic) bond motifs is 2. The first-order valence-corrected chi connectivity index (χ1v) is 9.49. The largest absolute Gasteiger partial charge is 0.328 e. The minimum Gasteiger partial charge on any atom is -0.300 e. The van der Waals surface area contributed by atoms with E-state index >= 15 is 0 Å². The van der Waals surface area contributed by atoms with E-state index in [0.717, 1.165) is 33.1 Å². The van der Waals surface area contributed by atoms with Gasteiger partial charge < -0.3 is 4.57 Å². The summed E-state index contributed by atoms with van der Waals surface area (Å²) in [6.45, 7) is 5.84. The van der Waals surface area contributed by atoms with Crippen LogP contribution in [0.2, 0.25) is 0 Å². The van der Waals surface area contributed by atoms with Crippen molar-refractivity contribution in [3.63, 3.8) is 0 Å². The Morgan fingerprint density at radius 1 is 0.862 bits per heavy atom. The minimum absolute atomic E-state index is 0.0498. The van der Waals surface area contributed by atoms with Crippen molar-refractivity contribution in [1.29, 1.82) is 0 Å². The van der Waals surface area contributed by atoms with Gasteiger partial charge in [-0.05, 0) is 56.2 Å². The second-order valence-corrected chi connectivity index (χ2v) is 7.76. The molecule has 0 bridgehead atoms. The number of aryl methyl sites for hydroxylation is 5. The van der Waals surface area contributed by atoms with Gasteiger partial charge in [0.05, 0.1) is 23.1 Å². The number of rotatable bonds is 3. The number of Topliss-reactive ketones (excluding diaryl/α,β-unsaturated/α-hetero) is 1. The third kappa shape index (κ3) is 2.92. The van der Waals surface area contributed by atoms with Crippen LogP contribution in [-0.4, -0.2) is 19.5 Å². The number of pyridine rings is 1. The van der Waals surface area contributed by atoms with Crippen molar-refractivity contribution in [2.75, 3.05) is 0 Å². The fourth-order valence-corrected chi connectivity index (χ4v) is 4.14. The maximum absolute atomic E-state index is 13.1. The van der Waals surface area contributed by atoms with Crippen molar-refractivity contribution < 1.29 is 4.79 Å². The number of aromatic nitrogens is 3. The lowest BCUT2D eigenvalue weighted by Gasteiger charge is -2.15. The second-order valence-electron chi connectivity index (χ2n) is 7.76. The number of imidazole rings is 1. The predicted octanol–water partition coefficient (Wildman–Crippen LogP) is 3.00. The van der Waals surface area contributed by atoms with Crippen molar-refractivity contribution in [1.82, 2.24) is 13.7 Å². The highest BCUT2D eigenvalue weighted by molar-refractivity contribution is 5.99. The van der Waals surface area contributed by atoms with E-state index in [1.807, 2.05) is 32.9 Å². The van der Waals surface area contributed by atoms with E-state index in [0.29, 0.717) is 11.1 Å². The molecule has 0 saturated heterocycles.